The van der Waals surface area contributed by atoms with Crippen molar-refractivity contribution in [3.05, 3.63) is 145 Å². The Bertz CT molecular complexity index is 2890. The third-order valence-corrected chi connectivity index (χ3v) is 9.50. The van der Waals surface area contributed by atoms with Crippen molar-refractivity contribution < 1.29 is 4.42 Å². The number of aromatic nitrogens is 2. The fraction of sp³-hybridized carbons (Fsp3) is 0.0238. The van der Waals surface area contributed by atoms with Crippen LogP contribution in [0.3, 0.4) is 0 Å². The summed E-state index contributed by atoms with van der Waals surface area (Å²) in [7, 11) is 0. The number of imidazole rings is 1. The monoisotopic (exact) mass is 574 g/mol. The van der Waals surface area contributed by atoms with E-state index in [0.29, 0.717) is 0 Å². The molecule has 0 fully saturated rings. The van der Waals surface area contributed by atoms with Crippen LogP contribution in [0.25, 0.3) is 93.0 Å². The van der Waals surface area contributed by atoms with E-state index in [1.165, 1.54) is 43.3 Å². The molecule has 45 heavy (non-hydrogen) atoms. The Hall–Kier alpha value is -5.93. The zero-order valence-electron chi connectivity index (χ0n) is 24.6. The Morgan fingerprint density at radius 1 is 0.511 bits per heavy atom. The molecule has 0 aliphatic rings. The van der Waals surface area contributed by atoms with Crippen LogP contribution in [0.1, 0.15) is 5.56 Å². The highest BCUT2D eigenvalue weighted by Crippen LogP contribution is 2.41. The minimum Gasteiger partial charge on any atom is -0.455 e. The van der Waals surface area contributed by atoms with Gasteiger partial charge in [-0.1, -0.05) is 109 Å². The van der Waals surface area contributed by atoms with E-state index >= 15 is 0 Å². The highest BCUT2D eigenvalue weighted by Gasteiger charge is 2.20. The van der Waals surface area contributed by atoms with Crippen molar-refractivity contribution >= 4 is 81.6 Å². The Morgan fingerprint density at radius 3 is 1.93 bits per heavy atom. The predicted octanol–water partition coefficient (Wildman–Crippen LogP) is 11.5. The molecule has 0 saturated carbocycles. The third kappa shape index (κ3) is 3.38. The van der Waals surface area contributed by atoms with Gasteiger partial charge in [0.2, 0.25) is 0 Å². The van der Waals surface area contributed by atoms with Crippen LogP contribution in [0.2, 0.25) is 0 Å². The van der Waals surface area contributed by atoms with Crippen molar-refractivity contribution in [2.24, 2.45) is 0 Å². The minimum atomic E-state index is 0.853. The van der Waals surface area contributed by atoms with E-state index in [4.69, 9.17) is 9.40 Å². The minimum absolute atomic E-state index is 0.853. The molecular weight excluding hydrogens is 548 g/mol. The van der Waals surface area contributed by atoms with Crippen molar-refractivity contribution in [2.45, 2.75) is 6.92 Å². The fourth-order valence-electron chi connectivity index (χ4n) is 7.46. The predicted molar refractivity (Wildman–Crippen MR) is 189 cm³/mol. The first-order valence-corrected chi connectivity index (χ1v) is 15.4. The zero-order valence-corrected chi connectivity index (χ0v) is 24.6. The van der Waals surface area contributed by atoms with Gasteiger partial charge in [0.25, 0.3) is 0 Å². The van der Waals surface area contributed by atoms with Crippen LogP contribution in [-0.4, -0.2) is 9.38 Å². The quantitative estimate of drug-likeness (QED) is 0.195. The van der Waals surface area contributed by atoms with E-state index in [2.05, 4.69) is 151 Å². The number of benzene rings is 7. The number of aryl methyl sites for hydroxylation is 1. The molecule has 0 N–H and O–H groups in total. The normalized spacial score (nSPS) is 12.1. The number of furan rings is 1. The second-order valence-corrected chi connectivity index (χ2v) is 12.0. The molecule has 0 atom stereocenters. The van der Waals surface area contributed by atoms with E-state index in [1.807, 2.05) is 0 Å². The first kappa shape index (κ1) is 24.5. The Balaban J connectivity index is 1.46. The Kier molecular flexibility index (Phi) is 4.92. The van der Waals surface area contributed by atoms with Gasteiger partial charge in [-0.2, -0.15) is 0 Å². The summed E-state index contributed by atoms with van der Waals surface area (Å²) in [6.45, 7) is 2.16. The highest BCUT2D eigenvalue weighted by atomic mass is 16.3. The second kappa shape index (κ2) is 9.04. The molecule has 3 heterocycles. The van der Waals surface area contributed by atoms with Crippen LogP contribution in [0.4, 0.5) is 0 Å². The molecule has 0 amide bonds. The van der Waals surface area contributed by atoms with Gasteiger partial charge in [0.15, 0.2) is 0 Å². The summed E-state index contributed by atoms with van der Waals surface area (Å²) >= 11 is 0. The van der Waals surface area contributed by atoms with Crippen LogP contribution < -0.4 is 0 Å². The summed E-state index contributed by atoms with van der Waals surface area (Å²) in [5.74, 6) is 0.868. The molecule has 3 heteroatoms. The van der Waals surface area contributed by atoms with E-state index in [-0.39, 0.29) is 0 Å². The molecule has 0 spiro atoms. The van der Waals surface area contributed by atoms with E-state index in [9.17, 15) is 0 Å². The molecule has 0 radical (unpaired) electrons. The second-order valence-electron chi connectivity index (χ2n) is 12.0. The molecule has 0 aliphatic heterocycles. The lowest BCUT2D eigenvalue weighted by atomic mass is 10.0. The lowest BCUT2D eigenvalue weighted by Gasteiger charge is -2.06. The first-order chi connectivity index (χ1) is 22.2. The Morgan fingerprint density at radius 2 is 1.13 bits per heavy atom. The van der Waals surface area contributed by atoms with Crippen LogP contribution >= 0.6 is 0 Å². The lowest BCUT2D eigenvalue weighted by Crippen LogP contribution is -1.91. The molecule has 210 valence electrons. The molecule has 10 rings (SSSR count). The molecular formula is C42H26N2O. The smallest absolute Gasteiger partial charge is 0.149 e. The van der Waals surface area contributed by atoms with Crippen molar-refractivity contribution in [3.63, 3.8) is 0 Å². The highest BCUT2D eigenvalue weighted by molar-refractivity contribution is 6.21. The van der Waals surface area contributed by atoms with Gasteiger partial charge in [0, 0.05) is 21.5 Å². The lowest BCUT2D eigenvalue weighted by molar-refractivity contribution is 0.670. The first-order valence-electron chi connectivity index (χ1n) is 15.4. The summed E-state index contributed by atoms with van der Waals surface area (Å²) < 4.78 is 9.14. The van der Waals surface area contributed by atoms with Gasteiger partial charge < -0.3 is 4.42 Å². The summed E-state index contributed by atoms with van der Waals surface area (Å²) in [5.41, 5.74) is 7.10. The number of hydrogen-bond acceptors (Lipinski definition) is 2. The molecule has 0 saturated heterocycles. The maximum atomic E-state index is 6.77. The third-order valence-electron chi connectivity index (χ3n) is 9.50. The topological polar surface area (TPSA) is 30.4 Å². The van der Waals surface area contributed by atoms with Gasteiger partial charge in [-0.15, -0.1) is 0 Å². The summed E-state index contributed by atoms with van der Waals surface area (Å²) in [6.07, 6.45) is 0. The Labute approximate surface area is 258 Å². The molecule has 7 aromatic carbocycles. The number of nitrogens with zero attached hydrogens (tertiary/aromatic N) is 2. The van der Waals surface area contributed by atoms with Gasteiger partial charge in [0.05, 0.1) is 22.1 Å². The number of hydrogen-bond donors (Lipinski definition) is 0. The molecule has 10 aromatic rings. The van der Waals surface area contributed by atoms with E-state index in [0.717, 1.165) is 55.3 Å². The number of fused-ring (bicyclic) bond motifs is 11. The van der Waals surface area contributed by atoms with Gasteiger partial charge in [0.1, 0.15) is 17.0 Å². The zero-order chi connectivity index (χ0) is 29.6. The molecule has 0 bridgehead atoms. The molecule has 3 nitrogen and oxygen atoms in total. The number of para-hydroxylation sites is 3. The van der Waals surface area contributed by atoms with Gasteiger partial charge >= 0.3 is 0 Å². The summed E-state index contributed by atoms with van der Waals surface area (Å²) in [5, 5.41) is 11.8. The molecule has 3 aromatic heterocycles. The standard InChI is InChI=1S/C42H26N2O/c1-25-11-8-12-26-23-36-33-19-9-20-34(41(33)45-39(36)24-35(25)26)42-43-37-21-10-18-32-30-16-5-3-14-28(30)27-13-2-4-15-29(27)31-17-6-7-22-38(31)44(42)40(32)37/h2-24H,1H3. The van der Waals surface area contributed by atoms with Crippen molar-refractivity contribution in [1.29, 1.82) is 0 Å². The van der Waals surface area contributed by atoms with E-state index in [1.54, 1.807) is 0 Å². The molecule has 0 aliphatic carbocycles. The molecule has 0 unspecified atom stereocenters. The van der Waals surface area contributed by atoms with E-state index < -0.39 is 0 Å². The average molecular weight is 575 g/mol. The largest absolute Gasteiger partial charge is 0.455 e. The van der Waals surface area contributed by atoms with Gasteiger partial charge in [-0.3, -0.25) is 4.40 Å². The fourth-order valence-corrected chi connectivity index (χ4v) is 7.46. The SMILES string of the molecule is Cc1cccc2cc3c(cc12)oc1c(-c2nc4cccc5c6ccccc6c6ccccc6c6ccccc6n2c45)cccc13. The van der Waals surface area contributed by atoms with Crippen LogP contribution in [0, 0.1) is 6.92 Å². The number of rotatable bonds is 1. The summed E-state index contributed by atoms with van der Waals surface area (Å²) in [6, 6.07) is 50.0. The summed E-state index contributed by atoms with van der Waals surface area (Å²) in [4.78, 5) is 5.39. The average Bonchev–Trinajstić information content (AvgIpc) is 3.66. The van der Waals surface area contributed by atoms with Crippen molar-refractivity contribution in [2.75, 3.05) is 0 Å². The van der Waals surface area contributed by atoms with Crippen molar-refractivity contribution in [1.82, 2.24) is 9.38 Å². The van der Waals surface area contributed by atoms with Crippen LogP contribution in [-0.2, 0) is 0 Å². The van der Waals surface area contributed by atoms with Gasteiger partial charge in [-0.05, 0) is 75.1 Å². The van der Waals surface area contributed by atoms with Gasteiger partial charge in [-0.25, -0.2) is 4.98 Å². The van der Waals surface area contributed by atoms with Crippen LogP contribution in [0.5, 0.6) is 0 Å². The van der Waals surface area contributed by atoms with Crippen LogP contribution in [0.15, 0.2) is 144 Å². The maximum absolute atomic E-state index is 6.77. The maximum Gasteiger partial charge on any atom is 0.149 e. The van der Waals surface area contributed by atoms with Crippen molar-refractivity contribution in [3.8, 4) is 11.4 Å².